The molecule has 0 fully saturated rings. The van der Waals surface area contributed by atoms with Crippen LogP contribution in [0, 0.1) is 10.1 Å². The predicted octanol–water partition coefficient (Wildman–Crippen LogP) is 4.17. The standard InChI is InChI=1S/C20H27N3O7S/c1-11(2)14-7-8-15(23(26)27)17(12(3)4)18(14)21-19(24)22-31(28,29)16-9-13(10-30-16)20(5,6)25/h7-12,25H,1-6H3,(H2,21,22,24). The number of hydrogen-bond donors (Lipinski definition) is 3. The number of carbonyl (C=O) groups is 1. The van der Waals surface area contributed by atoms with Gasteiger partial charge in [0.05, 0.1) is 28.0 Å². The number of carbonyl (C=O) groups excluding carboxylic acids is 1. The van der Waals surface area contributed by atoms with E-state index in [0.717, 1.165) is 12.3 Å². The molecule has 1 aromatic heterocycles. The Balaban J connectivity index is 2.42. The second-order valence-corrected chi connectivity index (χ2v) is 9.92. The number of nitro benzene ring substituents is 1. The zero-order valence-corrected chi connectivity index (χ0v) is 19.0. The summed E-state index contributed by atoms with van der Waals surface area (Å²) in [6.45, 7) is 10.1. The van der Waals surface area contributed by atoms with Crippen molar-refractivity contribution in [2.45, 2.75) is 64.1 Å². The molecule has 0 bridgehead atoms. The molecule has 2 amide bonds. The minimum atomic E-state index is -4.39. The second kappa shape index (κ2) is 8.67. The maximum absolute atomic E-state index is 12.6. The highest BCUT2D eigenvalue weighted by molar-refractivity contribution is 7.89. The van der Waals surface area contributed by atoms with Crippen LogP contribution in [0.15, 0.2) is 34.0 Å². The van der Waals surface area contributed by atoms with Gasteiger partial charge in [-0.15, -0.1) is 0 Å². The Morgan fingerprint density at radius 2 is 1.81 bits per heavy atom. The lowest BCUT2D eigenvalue weighted by molar-refractivity contribution is -0.385. The molecule has 1 heterocycles. The Hall–Kier alpha value is -2.92. The molecule has 1 aromatic carbocycles. The third-order valence-electron chi connectivity index (χ3n) is 4.66. The number of benzene rings is 1. The fourth-order valence-electron chi connectivity index (χ4n) is 3.08. The van der Waals surface area contributed by atoms with Crippen LogP contribution in [0.4, 0.5) is 16.2 Å². The van der Waals surface area contributed by atoms with Gasteiger partial charge in [0, 0.05) is 17.7 Å². The third-order valence-corrected chi connectivity index (χ3v) is 5.86. The first-order valence-corrected chi connectivity index (χ1v) is 11.1. The van der Waals surface area contributed by atoms with E-state index in [-0.39, 0.29) is 28.8 Å². The Morgan fingerprint density at radius 1 is 1.19 bits per heavy atom. The van der Waals surface area contributed by atoms with Gasteiger partial charge in [0.1, 0.15) is 0 Å². The van der Waals surface area contributed by atoms with E-state index in [4.69, 9.17) is 4.42 Å². The van der Waals surface area contributed by atoms with Crippen LogP contribution in [-0.2, 0) is 15.6 Å². The molecule has 10 nitrogen and oxygen atoms in total. The number of amides is 2. The highest BCUT2D eigenvalue weighted by Gasteiger charge is 2.29. The molecular formula is C20H27N3O7S. The summed E-state index contributed by atoms with van der Waals surface area (Å²) in [6, 6.07) is 2.94. The van der Waals surface area contributed by atoms with Crippen molar-refractivity contribution in [2.24, 2.45) is 0 Å². The molecule has 31 heavy (non-hydrogen) atoms. The fraction of sp³-hybridized carbons (Fsp3) is 0.450. The number of nitro groups is 1. The van der Waals surface area contributed by atoms with E-state index in [9.17, 15) is 28.4 Å². The quantitative estimate of drug-likeness (QED) is 0.420. The fourth-order valence-corrected chi connectivity index (χ4v) is 3.93. The summed E-state index contributed by atoms with van der Waals surface area (Å²) in [6.07, 6.45) is 1.08. The van der Waals surface area contributed by atoms with Crippen LogP contribution in [0.5, 0.6) is 0 Å². The minimum Gasteiger partial charge on any atom is -0.451 e. The zero-order chi connectivity index (χ0) is 23.7. The van der Waals surface area contributed by atoms with Crippen molar-refractivity contribution in [3.8, 4) is 0 Å². The zero-order valence-electron chi connectivity index (χ0n) is 18.2. The molecule has 0 unspecified atom stereocenters. The highest BCUT2D eigenvalue weighted by Crippen LogP contribution is 2.38. The molecule has 0 saturated carbocycles. The van der Waals surface area contributed by atoms with E-state index in [1.54, 1.807) is 19.9 Å². The van der Waals surface area contributed by atoms with Crippen molar-refractivity contribution in [3.63, 3.8) is 0 Å². The molecule has 0 spiro atoms. The number of aliphatic hydroxyl groups is 1. The largest absolute Gasteiger partial charge is 0.451 e. The summed E-state index contributed by atoms with van der Waals surface area (Å²) >= 11 is 0. The topological polar surface area (TPSA) is 152 Å². The molecule has 0 aliphatic rings. The van der Waals surface area contributed by atoms with Crippen molar-refractivity contribution >= 4 is 27.4 Å². The molecule has 11 heteroatoms. The maximum atomic E-state index is 12.6. The van der Waals surface area contributed by atoms with Crippen molar-refractivity contribution in [1.29, 1.82) is 0 Å². The van der Waals surface area contributed by atoms with Gasteiger partial charge in [0.15, 0.2) is 0 Å². The molecule has 170 valence electrons. The van der Waals surface area contributed by atoms with Crippen LogP contribution in [0.3, 0.4) is 0 Å². The van der Waals surface area contributed by atoms with Gasteiger partial charge >= 0.3 is 6.03 Å². The summed E-state index contributed by atoms with van der Waals surface area (Å²) in [4.78, 5) is 23.5. The van der Waals surface area contributed by atoms with E-state index >= 15 is 0 Å². The molecule has 0 atom stereocenters. The summed E-state index contributed by atoms with van der Waals surface area (Å²) in [5.41, 5.74) is -0.158. The van der Waals surface area contributed by atoms with Gasteiger partial charge in [0.25, 0.3) is 15.7 Å². The average molecular weight is 454 g/mol. The maximum Gasteiger partial charge on any atom is 0.333 e. The molecular weight excluding hydrogens is 426 g/mol. The summed E-state index contributed by atoms with van der Waals surface area (Å²) in [5, 5.41) is 23.4. The third kappa shape index (κ3) is 5.42. The van der Waals surface area contributed by atoms with E-state index in [1.807, 2.05) is 18.6 Å². The van der Waals surface area contributed by atoms with Gasteiger partial charge in [-0.2, -0.15) is 8.42 Å². The summed E-state index contributed by atoms with van der Waals surface area (Å²) in [7, 11) is -4.39. The SMILES string of the molecule is CC(C)c1ccc([N+](=O)[O-])c(C(C)C)c1NC(=O)NS(=O)(=O)c1cc(C(C)(C)O)co1. The van der Waals surface area contributed by atoms with Crippen LogP contribution in [0.25, 0.3) is 0 Å². The molecule has 0 aliphatic heterocycles. The average Bonchev–Trinajstić information content (AvgIpc) is 3.11. The van der Waals surface area contributed by atoms with E-state index in [1.165, 1.54) is 19.9 Å². The van der Waals surface area contributed by atoms with Gasteiger partial charge < -0.3 is 14.8 Å². The number of urea groups is 1. The van der Waals surface area contributed by atoms with Gasteiger partial charge in [-0.25, -0.2) is 9.52 Å². The van der Waals surface area contributed by atoms with E-state index in [2.05, 4.69) is 5.32 Å². The number of furan rings is 1. The number of nitrogens with zero attached hydrogens (tertiary/aromatic N) is 1. The smallest absolute Gasteiger partial charge is 0.333 e. The molecule has 0 saturated heterocycles. The number of sulfonamides is 1. The van der Waals surface area contributed by atoms with Crippen molar-refractivity contribution in [2.75, 3.05) is 5.32 Å². The first-order chi connectivity index (χ1) is 14.1. The van der Waals surface area contributed by atoms with Crippen LogP contribution in [-0.4, -0.2) is 24.5 Å². The number of hydrogen-bond acceptors (Lipinski definition) is 7. The van der Waals surface area contributed by atoms with Crippen molar-refractivity contribution in [1.82, 2.24) is 4.72 Å². The monoisotopic (exact) mass is 453 g/mol. The van der Waals surface area contributed by atoms with Crippen LogP contribution < -0.4 is 10.0 Å². The lowest BCUT2D eigenvalue weighted by Crippen LogP contribution is -2.35. The van der Waals surface area contributed by atoms with Crippen molar-refractivity contribution < 1.29 is 27.7 Å². The molecule has 2 aromatic rings. The van der Waals surface area contributed by atoms with Gasteiger partial charge in [-0.1, -0.05) is 27.7 Å². The van der Waals surface area contributed by atoms with Gasteiger partial charge in [-0.3, -0.25) is 10.1 Å². The molecule has 0 radical (unpaired) electrons. The Labute approximate surface area is 180 Å². The van der Waals surface area contributed by atoms with Gasteiger partial charge in [0.2, 0.25) is 5.09 Å². The molecule has 2 rings (SSSR count). The Bertz CT molecular complexity index is 1100. The second-order valence-electron chi connectivity index (χ2n) is 8.30. The lowest BCUT2D eigenvalue weighted by Gasteiger charge is -2.20. The van der Waals surface area contributed by atoms with Crippen molar-refractivity contribution in [3.05, 3.63) is 51.3 Å². The number of rotatable bonds is 7. The summed E-state index contributed by atoms with van der Waals surface area (Å²) < 4.78 is 31.9. The van der Waals surface area contributed by atoms with E-state index in [0.29, 0.717) is 11.1 Å². The minimum absolute atomic E-state index is 0.0929. The number of anilines is 1. The molecule has 3 N–H and O–H groups in total. The normalized spacial score (nSPS) is 12.3. The highest BCUT2D eigenvalue weighted by atomic mass is 32.2. The first kappa shape index (κ1) is 24.4. The van der Waals surface area contributed by atoms with Gasteiger partial charge in [-0.05, 0) is 37.3 Å². The van der Waals surface area contributed by atoms with Crippen LogP contribution in [0.1, 0.15) is 70.1 Å². The van der Waals surface area contributed by atoms with Crippen LogP contribution >= 0.6 is 0 Å². The lowest BCUT2D eigenvalue weighted by atomic mass is 9.91. The Kier molecular flexibility index (Phi) is 6.81. The van der Waals surface area contributed by atoms with Crippen LogP contribution in [0.2, 0.25) is 0 Å². The van der Waals surface area contributed by atoms with E-state index < -0.39 is 31.7 Å². The number of nitrogens with one attached hydrogen (secondary N) is 2. The summed E-state index contributed by atoms with van der Waals surface area (Å²) in [5.74, 6) is -0.407. The molecule has 0 aliphatic carbocycles. The Morgan fingerprint density at radius 3 is 2.26 bits per heavy atom. The predicted molar refractivity (Wildman–Crippen MR) is 115 cm³/mol. The first-order valence-electron chi connectivity index (χ1n) is 9.61.